The first-order chi connectivity index (χ1) is 17.8. The van der Waals surface area contributed by atoms with E-state index in [9.17, 15) is 0 Å². The molecule has 36 heavy (non-hydrogen) atoms. The van der Waals surface area contributed by atoms with Crippen molar-refractivity contribution in [3.05, 3.63) is 108 Å². The second-order valence-corrected chi connectivity index (χ2v) is 10.0. The maximum Gasteiger partial charge on any atom is 0.113 e. The molecule has 0 radical (unpaired) electrons. The molecule has 2 aliphatic rings. The van der Waals surface area contributed by atoms with E-state index in [1.165, 1.54) is 23.1 Å². The number of hydrogen-bond acceptors (Lipinski definition) is 5. The second kappa shape index (κ2) is 13.1. The maximum atomic E-state index is 6.60. The SMILES string of the molecule is c1ccc(COC2CN(C[C@H]3CCNC3)CC(OCc3ccccc3)C2OCc2ccccc2)cc1. The van der Waals surface area contributed by atoms with Crippen molar-refractivity contribution in [1.82, 2.24) is 10.2 Å². The Labute approximate surface area is 215 Å². The number of likely N-dealkylation sites (tertiary alicyclic amines) is 1. The monoisotopic (exact) mass is 486 g/mol. The van der Waals surface area contributed by atoms with Gasteiger partial charge in [-0.3, -0.25) is 4.90 Å². The highest BCUT2D eigenvalue weighted by Gasteiger charge is 2.40. The molecule has 1 N–H and O–H groups in total. The zero-order valence-corrected chi connectivity index (χ0v) is 21.0. The van der Waals surface area contributed by atoms with Gasteiger partial charge in [0.25, 0.3) is 0 Å². The molecule has 2 unspecified atom stereocenters. The third-order valence-corrected chi connectivity index (χ3v) is 7.19. The lowest BCUT2D eigenvalue weighted by molar-refractivity contribution is -0.185. The van der Waals surface area contributed by atoms with E-state index in [1.54, 1.807) is 0 Å². The average molecular weight is 487 g/mol. The zero-order valence-electron chi connectivity index (χ0n) is 21.0. The minimum atomic E-state index is -0.143. The maximum absolute atomic E-state index is 6.60. The molecular weight excluding hydrogens is 448 g/mol. The molecule has 0 aromatic heterocycles. The van der Waals surface area contributed by atoms with Gasteiger partial charge in [0.2, 0.25) is 0 Å². The van der Waals surface area contributed by atoms with Crippen molar-refractivity contribution in [2.45, 2.75) is 44.6 Å². The van der Waals surface area contributed by atoms with E-state index in [0.717, 1.165) is 32.7 Å². The molecule has 2 fully saturated rings. The molecule has 0 saturated carbocycles. The van der Waals surface area contributed by atoms with Gasteiger partial charge in [-0.2, -0.15) is 0 Å². The Morgan fingerprint density at radius 1 is 0.639 bits per heavy atom. The van der Waals surface area contributed by atoms with Crippen molar-refractivity contribution < 1.29 is 14.2 Å². The van der Waals surface area contributed by atoms with Gasteiger partial charge in [-0.1, -0.05) is 91.0 Å². The Morgan fingerprint density at radius 3 is 1.56 bits per heavy atom. The van der Waals surface area contributed by atoms with Crippen molar-refractivity contribution >= 4 is 0 Å². The molecule has 5 heteroatoms. The van der Waals surface area contributed by atoms with Crippen LogP contribution in [0.15, 0.2) is 91.0 Å². The van der Waals surface area contributed by atoms with Crippen LogP contribution in [0.25, 0.3) is 0 Å². The standard InChI is InChI=1S/C31H38N2O3/c1-4-10-25(11-5-1)22-34-29-20-33(19-28-16-17-32-18-28)21-30(35-23-26-12-6-2-7-13-26)31(29)36-24-27-14-8-3-9-15-27/h1-15,28-32H,16-24H2/t28-,29?,30?,31?/m0/s1. The van der Waals surface area contributed by atoms with E-state index in [1.807, 2.05) is 18.2 Å². The number of rotatable bonds is 11. The number of nitrogens with one attached hydrogen (secondary N) is 1. The molecule has 0 amide bonds. The van der Waals surface area contributed by atoms with Gasteiger partial charge in [-0.05, 0) is 42.1 Å². The van der Waals surface area contributed by atoms with Crippen LogP contribution in [0.1, 0.15) is 23.1 Å². The van der Waals surface area contributed by atoms with E-state index in [2.05, 4.69) is 83.0 Å². The van der Waals surface area contributed by atoms with Gasteiger partial charge < -0.3 is 19.5 Å². The van der Waals surface area contributed by atoms with Crippen LogP contribution in [-0.4, -0.2) is 55.9 Å². The normalized spacial score (nSPS) is 24.7. The van der Waals surface area contributed by atoms with Gasteiger partial charge >= 0.3 is 0 Å². The van der Waals surface area contributed by atoms with Crippen LogP contribution in [0.4, 0.5) is 0 Å². The van der Waals surface area contributed by atoms with Crippen LogP contribution >= 0.6 is 0 Å². The number of hydrogen-bond donors (Lipinski definition) is 1. The Bertz CT molecular complexity index is 958. The Morgan fingerprint density at radius 2 is 1.11 bits per heavy atom. The van der Waals surface area contributed by atoms with Crippen LogP contribution in [0.2, 0.25) is 0 Å². The van der Waals surface area contributed by atoms with Crippen molar-refractivity contribution in [1.29, 1.82) is 0 Å². The van der Waals surface area contributed by atoms with Crippen molar-refractivity contribution in [3.8, 4) is 0 Å². The Hall–Kier alpha value is -2.54. The molecule has 0 aliphatic carbocycles. The van der Waals surface area contributed by atoms with E-state index >= 15 is 0 Å². The summed E-state index contributed by atoms with van der Waals surface area (Å²) >= 11 is 0. The molecular formula is C31H38N2O3. The van der Waals surface area contributed by atoms with Gasteiger partial charge in [0.15, 0.2) is 0 Å². The predicted molar refractivity (Wildman–Crippen MR) is 142 cm³/mol. The topological polar surface area (TPSA) is 43.0 Å². The summed E-state index contributed by atoms with van der Waals surface area (Å²) in [4.78, 5) is 2.53. The summed E-state index contributed by atoms with van der Waals surface area (Å²) in [7, 11) is 0. The summed E-state index contributed by atoms with van der Waals surface area (Å²) in [5.74, 6) is 0.677. The molecule has 2 saturated heterocycles. The van der Waals surface area contributed by atoms with Crippen LogP contribution in [0.3, 0.4) is 0 Å². The summed E-state index contributed by atoms with van der Waals surface area (Å²) in [6, 6.07) is 31.2. The van der Waals surface area contributed by atoms with Crippen LogP contribution in [0, 0.1) is 5.92 Å². The lowest BCUT2D eigenvalue weighted by Crippen LogP contribution is -2.58. The molecule has 3 aromatic carbocycles. The summed E-state index contributed by atoms with van der Waals surface area (Å²) in [5, 5.41) is 3.51. The molecule has 2 aliphatic heterocycles. The minimum absolute atomic E-state index is 0.0715. The fourth-order valence-electron chi connectivity index (χ4n) is 5.25. The average Bonchev–Trinajstić information content (AvgIpc) is 3.45. The second-order valence-electron chi connectivity index (χ2n) is 10.0. The van der Waals surface area contributed by atoms with Crippen LogP contribution < -0.4 is 5.32 Å². The Balaban J connectivity index is 1.33. The van der Waals surface area contributed by atoms with E-state index in [0.29, 0.717) is 25.7 Å². The predicted octanol–water partition coefficient (Wildman–Crippen LogP) is 4.67. The fourth-order valence-corrected chi connectivity index (χ4v) is 5.25. The molecule has 190 valence electrons. The van der Waals surface area contributed by atoms with Gasteiger partial charge in [0, 0.05) is 19.6 Å². The van der Waals surface area contributed by atoms with Crippen molar-refractivity contribution in [3.63, 3.8) is 0 Å². The zero-order chi connectivity index (χ0) is 24.4. The van der Waals surface area contributed by atoms with Gasteiger partial charge in [-0.25, -0.2) is 0 Å². The molecule has 0 bridgehead atoms. The lowest BCUT2D eigenvalue weighted by Gasteiger charge is -2.43. The Kier molecular flexibility index (Phi) is 9.17. The molecule has 3 aromatic rings. The van der Waals surface area contributed by atoms with Gasteiger partial charge in [-0.15, -0.1) is 0 Å². The number of benzene rings is 3. The van der Waals surface area contributed by atoms with Crippen molar-refractivity contribution in [2.75, 3.05) is 32.7 Å². The summed E-state index contributed by atoms with van der Waals surface area (Å²) in [5.41, 5.74) is 3.52. The van der Waals surface area contributed by atoms with E-state index in [-0.39, 0.29) is 18.3 Å². The smallest absolute Gasteiger partial charge is 0.113 e. The minimum Gasteiger partial charge on any atom is -0.369 e. The largest absolute Gasteiger partial charge is 0.369 e. The number of ether oxygens (including phenoxy) is 3. The first-order valence-corrected chi connectivity index (χ1v) is 13.2. The van der Waals surface area contributed by atoms with E-state index < -0.39 is 0 Å². The number of nitrogens with zero attached hydrogens (tertiary/aromatic N) is 1. The van der Waals surface area contributed by atoms with Gasteiger partial charge in [0.1, 0.15) is 6.10 Å². The summed E-state index contributed by atoms with van der Waals surface area (Å²) in [6.45, 7) is 6.67. The highest BCUT2D eigenvalue weighted by Crippen LogP contribution is 2.25. The fraction of sp³-hybridized carbons (Fsp3) is 0.419. The van der Waals surface area contributed by atoms with Crippen LogP contribution in [-0.2, 0) is 34.0 Å². The third-order valence-electron chi connectivity index (χ3n) is 7.19. The van der Waals surface area contributed by atoms with Crippen LogP contribution in [0.5, 0.6) is 0 Å². The van der Waals surface area contributed by atoms with Gasteiger partial charge in [0.05, 0.1) is 32.0 Å². The molecule has 5 rings (SSSR count). The number of piperidine rings is 1. The lowest BCUT2D eigenvalue weighted by atomic mass is 9.98. The highest BCUT2D eigenvalue weighted by atomic mass is 16.6. The van der Waals surface area contributed by atoms with E-state index in [4.69, 9.17) is 14.2 Å². The van der Waals surface area contributed by atoms with Crippen molar-refractivity contribution in [2.24, 2.45) is 5.92 Å². The molecule has 0 spiro atoms. The molecule has 2 heterocycles. The molecule has 5 nitrogen and oxygen atoms in total. The molecule has 3 atom stereocenters. The highest BCUT2D eigenvalue weighted by molar-refractivity contribution is 5.15. The first-order valence-electron chi connectivity index (χ1n) is 13.2. The summed E-state index contributed by atoms with van der Waals surface area (Å²) < 4.78 is 19.8. The quantitative estimate of drug-likeness (QED) is 0.427. The first kappa shape index (κ1) is 25.1. The summed E-state index contributed by atoms with van der Waals surface area (Å²) in [6.07, 6.45) is 0.946. The third kappa shape index (κ3) is 7.25.